The van der Waals surface area contributed by atoms with E-state index in [1.54, 1.807) is 32.9 Å². The smallest absolute Gasteiger partial charge is 0.327 e. The van der Waals surface area contributed by atoms with E-state index < -0.39 is 23.3 Å². The summed E-state index contributed by atoms with van der Waals surface area (Å²) in [5, 5.41) is 2.47. The van der Waals surface area contributed by atoms with Gasteiger partial charge < -0.3 is 10.1 Å². The number of rotatable bonds is 3. The van der Waals surface area contributed by atoms with Gasteiger partial charge in [0, 0.05) is 5.54 Å². The third kappa shape index (κ3) is 6.25. The van der Waals surface area contributed by atoms with Gasteiger partial charge in [-0.05, 0) is 39.3 Å². The van der Waals surface area contributed by atoms with Crippen molar-refractivity contribution in [3.8, 4) is 5.75 Å². The van der Waals surface area contributed by atoms with Crippen molar-refractivity contribution in [2.45, 2.75) is 33.2 Å². The molecule has 0 unspecified atom stereocenters. The van der Waals surface area contributed by atoms with Crippen LogP contribution in [0.3, 0.4) is 0 Å². The quantitative estimate of drug-likeness (QED) is 0.557. The molecule has 3 N–H and O–H groups in total. The van der Waals surface area contributed by atoms with Crippen LogP contribution < -0.4 is 20.9 Å². The number of hydrazine groups is 1. The molecule has 0 fully saturated rings. The van der Waals surface area contributed by atoms with E-state index in [4.69, 9.17) is 4.74 Å². The molecule has 120 valence electrons. The normalized spacial score (nSPS) is 10.5. The van der Waals surface area contributed by atoms with E-state index in [9.17, 15) is 14.4 Å². The summed E-state index contributed by atoms with van der Waals surface area (Å²) in [5.41, 5.74) is 4.50. The van der Waals surface area contributed by atoms with E-state index in [1.807, 2.05) is 24.5 Å². The Bertz CT molecular complexity index is 564. The van der Waals surface area contributed by atoms with Gasteiger partial charge in [-0.3, -0.25) is 25.2 Å². The molecule has 0 saturated heterocycles. The lowest BCUT2D eigenvalue weighted by Crippen LogP contribution is -2.53. The van der Waals surface area contributed by atoms with Crippen LogP contribution in [0.2, 0.25) is 0 Å². The number of nitrogens with one attached hydrogen (secondary N) is 3. The predicted molar refractivity (Wildman–Crippen MR) is 80.9 cm³/mol. The minimum absolute atomic E-state index is 0.272. The van der Waals surface area contributed by atoms with Gasteiger partial charge in [0.25, 0.3) is 5.91 Å². The first kappa shape index (κ1) is 17.5. The molecule has 0 atom stereocenters. The second-order valence-electron chi connectivity index (χ2n) is 5.76. The van der Waals surface area contributed by atoms with Crippen LogP contribution in [0.25, 0.3) is 0 Å². The van der Waals surface area contributed by atoms with Crippen LogP contribution in [0.4, 0.5) is 0 Å². The van der Waals surface area contributed by atoms with Crippen LogP contribution in [-0.4, -0.2) is 29.9 Å². The highest BCUT2D eigenvalue weighted by atomic mass is 16.5. The average Bonchev–Trinajstić information content (AvgIpc) is 2.42. The molecule has 0 aromatic heterocycles. The summed E-state index contributed by atoms with van der Waals surface area (Å²) in [5.74, 6) is -1.76. The molecule has 0 heterocycles. The lowest BCUT2D eigenvalue weighted by molar-refractivity contribution is -0.141. The highest BCUT2D eigenvalue weighted by Gasteiger charge is 2.20. The van der Waals surface area contributed by atoms with Gasteiger partial charge >= 0.3 is 11.8 Å². The molecule has 0 aliphatic carbocycles. The molecule has 7 nitrogen and oxygen atoms in total. The highest BCUT2D eigenvalue weighted by Crippen LogP contribution is 2.15. The van der Waals surface area contributed by atoms with E-state index in [-0.39, 0.29) is 6.61 Å². The summed E-state index contributed by atoms with van der Waals surface area (Å²) < 4.78 is 5.31. The van der Waals surface area contributed by atoms with Gasteiger partial charge in [-0.1, -0.05) is 18.2 Å². The van der Waals surface area contributed by atoms with Crippen molar-refractivity contribution in [3.63, 3.8) is 0 Å². The van der Waals surface area contributed by atoms with Crippen molar-refractivity contribution in [1.82, 2.24) is 16.2 Å². The summed E-state index contributed by atoms with van der Waals surface area (Å²) in [7, 11) is 0. The van der Waals surface area contributed by atoms with Gasteiger partial charge in [0.15, 0.2) is 6.61 Å². The number of hydrogen-bond acceptors (Lipinski definition) is 4. The molecule has 22 heavy (non-hydrogen) atoms. The fraction of sp³-hybridized carbons (Fsp3) is 0.400. The average molecular weight is 307 g/mol. The number of carbonyl (C=O) groups excluding carboxylic acids is 3. The standard InChI is InChI=1S/C15H21N3O4/c1-10-7-5-6-8-11(10)22-9-12(19)17-18-14(21)13(20)16-15(2,3)4/h5-8H,9H2,1-4H3,(H,16,20)(H,17,19)(H,18,21). The predicted octanol–water partition coefficient (Wildman–Crippen LogP) is 0.436. The van der Waals surface area contributed by atoms with Crippen LogP contribution in [0.15, 0.2) is 24.3 Å². The van der Waals surface area contributed by atoms with Crippen molar-refractivity contribution in [3.05, 3.63) is 29.8 Å². The summed E-state index contributed by atoms with van der Waals surface area (Å²) in [6.45, 7) is 6.81. The molecule has 0 bridgehead atoms. The van der Waals surface area contributed by atoms with Gasteiger partial charge in [0.2, 0.25) is 0 Å². The number of aryl methyl sites for hydroxylation is 1. The molecule has 0 aliphatic heterocycles. The first-order valence-electron chi connectivity index (χ1n) is 6.79. The SMILES string of the molecule is Cc1ccccc1OCC(=O)NNC(=O)C(=O)NC(C)(C)C. The molecule has 0 spiro atoms. The zero-order chi connectivity index (χ0) is 16.8. The van der Waals surface area contributed by atoms with Crippen molar-refractivity contribution in [1.29, 1.82) is 0 Å². The minimum atomic E-state index is -0.945. The first-order valence-corrected chi connectivity index (χ1v) is 6.79. The van der Waals surface area contributed by atoms with Crippen LogP contribution in [-0.2, 0) is 14.4 Å². The zero-order valence-corrected chi connectivity index (χ0v) is 13.1. The van der Waals surface area contributed by atoms with Crippen LogP contribution in [0, 0.1) is 6.92 Å². The lowest BCUT2D eigenvalue weighted by Gasteiger charge is -2.19. The molecule has 1 aromatic carbocycles. The molecule has 0 radical (unpaired) electrons. The molecule has 1 rings (SSSR count). The van der Waals surface area contributed by atoms with Gasteiger partial charge in [0.1, 0.15) is 5.75 Å². The van der Waals surface area contributed by atoms with Crippen molar-refractivity contribution < 1.29 is 19.1 Å². The van der Waals surface area contributed by atoms with Crippen LogP contribution >= 0.6 is 0 Å². The van der Waals surface area contributed by atoms with Crippen molar-refractivity contribution in [2.75, 3.05) is 6.61 Å². The van der Waals surface area contributed by atoms with E-state index in [1.165, 1.54) is 0 Å². The Balaban J connectivity index is 2.36. The third-order valence-electron chi connectivity index (χ3n) is 2.46. The molecular weight excluding hydrogens is 286 g/mol. The van der Waals surface area contributed by atoms with Crippen LogP contribution in [0.1, 0.15) is 26.3 Å². The van der Waals surface area contributed by atoms with Gasteiger partial charge in [-0.2, -0.15) is 0 Å². The molecular formula is C15H21N3O4. The Labute approximate surface area is 129 Å². The Morgan fingerprint density at radius 2 is 1.68 bits per heavy atom. The topological polar surface area (TPSA) is 96.5 Å². The van der Waals surface area contributed by atoms with E-state index in [2.05, 4.69) is 10.7 Å². The summed E-state index contributed by atoms with van der Waals surface area (Å²) in [6, 6.07) is 7.24. The second kappa shape index (κ2) is 7.44. The maximum Gasteiger partial charge on any atom is 0.327 e. The van der Waals surface area contributed by atoms with Crippen molar-refractivity contribution >= 4 is 17.7 Å². The van der Waals surface area contributed by atoms with E-state index in [0.29, 0.717) is 5.75 Å². The number of hydrogen-bond donors (Lipinski definition) is 3. The van der Waals surface area contributed by atoms with Gasteiger partial charge in [-0.25, -0.2) is 0 Å². The highest BCUT2D eigenvalue weighted by molar-refractivity contribution is 6.35. The Kier molecular flexibility index (Phi) is 5.91. The van der Waals surface area contributed by atoms with Crippen LogP contribution in [0.5, 0.6) is 5.75 Å². The molecule has 3 amide bonds. The second-order valence-corrected chi connectivity index (χ2v) is 5.76. The molecule has 0 saturated carbocycles. The number of amides is 3. The van der Waals surface area contributed by atoms with E-state index in [0.717, 1.165) is 5.56 Å². The number of benzene rings is 1. The molecule has 7 heteroatoms. The monoisotopic (exact) mass is 307 g/mol. The van der Waals surface area contributed by atoms with Gasteiger partial charge in [-0.15, -0.1) is 0 Å². The minimum Gasteiger partial charge on any atom is -0.483 e. The Morgan fingerprint density at radius 3 is 2.27 bits per heavy atom. The summed E-state index contributed by atoms with van der Waals surface area (Å²) in [4.78, 5) is 34.5. The Morgan fingerprint density at radius 1 is 1.05 bits per heavy atom. The first-order chi connectivity index (χ1) is 10.2. The van der Waals surface area contributed by atoms with Crippen molar-refractivity contribution in [2.24, 2.45) is 0 Å². The van der Waals surface area contributed by atoms with E-state index >= 15 is 0 Å². The Hall–Kier alpha value is -2.57. The fourth-order valence-corrected chi connectivity index (χ4v) is 1.48. The molecule has 0 aliphatic rings. The van der Waals surface area contributed by atoms with Gasteiger partial charge in [0.05, 0.1) is 0 Å². The molecule has 1 aromatic rings. The third-order valence-corrected chi connectivity index (χ3v) is 2.46. The number of carbonyl (C=O) groups is 3. The zero-order valence-electron chi connectivity index (χ0n) is 13.1. The largest absolute Gasteiger partial charge is 0.483 e. The fourth-order valence-electron chi connectivity index (χ4n) is 1.48. The maximum atomic E-state index is 11.6. The summed E-state index contributed by atoms with van der Waals surface area (Å²) in [6.07, 6.45) is 0. The summed E-state index contributed by atoms with van der Waals surface area (Å²) >= 11 is 0. The lowest BCUT2D eigenvalue weighted by atomic mass is 10.1. The number of para-hydroxylation sites is 1. The maximum absolute atomic E-state index is 11.6. The number of ether oxygens (including phenoxy) is 1.